The van der Waals surface area contributed by atoms with Crippen molar-refractivity contribution >= 4 is 60.2 Å². The van der Waals surface area contributed by atoms with E-state index < -0.39 is 0 Å². The molecule has 0 saturated carbocycles. The second kappa shape index (κ2) is 14.6. The molecule has 0 N–H and O–H groups in total. The molecule has 0 aliphatic rings. The molecular formula is C58H39N. The minimum atomic E-state index is 1.09. The van der Waals surface area contributed by atoms with Crippen molar-refractivity contribution in [1.82, 2.24) is 0 Å². The summed E-state index contributed by atoms with van der Waals surface area (Å²) >= 11 is 0. The van der Waals surface area contributed by atoms with Crippen molar-refractivity contribution in [3.05, 3.63) is 237 Å². The third-order valence-corrected chi connectivity index (χ3v) is 11.8. The van der Waals surface area contributed by atoms with Crippen LogP contribution in [0.25, 0.3) is 87.6 Å². The van der Waals surface area contributed by atoms with Crippen molar-refractivity contribution in [1.29, 1.82) is 0 Å². The van der Waals surface area contributed by atoms with Gasteiger partial charge in [-0.15, -0.1) is 0 Å². The largest absolute Gasteiger partial charge is 0.310 e. The molecule has 11 aromatic rings. The molecule has 0 atom stereocenters. The molecule has 0 saturated heterocycles. The van der Waals surface area contributed by atoms with Gasteiger partial charge < -0.3 is 4.90 Å². The van der Waals surface area contributed by atoms with Gasteiger partial charge in [-0.3, -0.25) is 0 Å². The van der Waals surface area contributed by atoms with Gasteiger partial charge in [0.2, 0.25) is 0 Å². The zero-order chi connectivity index (χ0) is 39.1. The Hall–Kier alpha value is -7.74. The van der Waals surface area contributed by atoms with Gasteiger partial charge in [0.25, 0.3) is 0 Å². The molecule has 0 fully saturated rings. The van der Waals surface area contributed by atoms with Crippen LogP contribution in [0, 0.1) is 0 Å². The first-order valence-corrected chi connectivity index (χ1v) is 20.3. The zero-order valence-electron chi connectivity index (χ0n) is 32.5. The Morgan fingerprint density at radius 3 is 1.51 bits per heavy atom. The lowest BCUT2D eigenvalue weighted by atomic mass is 9.91. The lowest BCUT2D eigenvalue weighted by Gasteiger charge is -2.27. The van der Waals surface area contributed by atoms with E-state index in [0.717, 1.165) is 17.1 Å². The first-order chi connectivity index (χ1) is 29.2. The number of rotatable bonds is 7. The summed E-state index contributed by atoms with van der Waals surface area (Å²) < 4.78 is 0. The predicted molar refractivity (Wildman–Crippen MR) is 253 cm³/mol. The summed E-state index contributed by atoms with van der Waals surface area (Å²) in [5.41, 5.74) is 12.8. The number of fused-ring (bicyclic) bond motifs is 6. The number of anilines is 3. The maximum atomic E-state index is 2.39. The lowest BCUT2D eigenvalue weighted by molar-refractivity contribution is 1.28. The van der Waals surface area contributed by atoms with E-state index in [4.69, 9.17) is 0 Å². The Balaban J connectivity index is 1.05. The monoisotopic (exact) mass is 749 g/mol. The molecule has 0 aliphatic carbocycles. The van der Waals surface area contributed by atoms with Crippen molar-refractivity contribution in [3.8, 4) is 44.5 Å². The molecule has 1 nitrogen and oxygen atoms in total. The summed E-state index contributed by atoms with van der Waals surface area (Å²) in [6, 6.07) is 86.3. The Morgan fingerprint density at radius 1 is 0.203 bits per heavy atom. The van der Waals surface area contributed by atoms with Gasteiger partial charge in [0.15, 0.2) is 0 Å². The Kier molecular flexibility index (Phi) is 8.56. The maximum Gasteiger partial charge on any atom is 0.0468 e. The number of benzene rings is 11. The van der Waals surface area contributed by atoms with Crippen LogP contribution in [0.5, 0.6) is 0 Å². The normalized spacial score (nSPS) is 11.4. The standard InChI is InChI=1S/C58H39N/c1-3-12-40(13-4-1)46-19-11-20-51(38-46)59(50-29-24-42(25-30-50)47-23-22-41-14-7-8-18-45(41)36-47)52-31-35-55(58(39-52)43-15-5-2-6-16-43)49-27-32-54-48(37-49)28-34-56-53-21-10-9-17-44(53)26-33-57(54)56/h1-39H. The van der Waals surface area contributed by atoms with Gasteiger partial charge in [0.05, 0.1) is 0 Å². The van der Waals surface area contributed by atoms with E-state index in [-0.39, 0.29) is 0 Å². The number of hydrogen-bond donors (Lipinski definition) is 0. The Bertz CT molecular complexity index is 3310. The fraction of sp³-hybridized carbons (Fsp3) is 0. The quantitative estimate of drug-likeness (QED) is 0.147. The molecule has 0 unspecified atom stereocenters. The van der Waals surface area contributed by atoms with Crippen LogP contribution in [-0.4, -0.2) is 0 Å². The molecule has 276 valence electrons. The van der Waals surface area contributed by atoms with Crippen molar-refractivity contribution in [2.75, 3.05) is 4.90 Å². The summed E-state index contributed by atoms with van der Waals surface area (Å²) in [6.45, 7) is 0. The molecule has 0 spiro atoms. The number of hydrogen-bond acceptors (Lipinski definition) is 1. The molecule has 0 amide bonds. The van der Waals surface area contributed by atoms with E-state index in [1.807, 2.05) is 0 Å². The third-order valence-electron chi connectivity index (χ3n) is 11.8. The van der Waals surface area contributed by atoms with Crippen LogP contribution in [0.1, 0.15) is 0 Å². The van der Waals surface area contributed by atoms with Gasteiger partial charge in [-0.2, -0.15) is 0 Å². The zero-order valence-corrected chi connectivity index (χ0v) is 32.5. The molecule has 0 radical (unpaired) electrons. The van der Waals surface area contributed by atoms with Crippen LogP contribution in [0.4, 0.5) is 17.1 Å². The average Bonchev–Trinajstić information content (AvgIpc) is 3.32. The molecule has 0 aliphatic heterocycles. The van der Waals surface area contributed by atoms with Crippen LogP contribution in [0.15, 0.2) is 237 Å². The SMILES string of the molecule is c1ccc(-c2cccc(N(c3ccc(-c4ccc5ccccc5c4)cc3)c3ccc(-c4ccc5c(ccc6c7ccccc7ccc56)c4)c(-c4ccccc4)c3)c2)cc1. The first-order valence-electron chi connectivity index (χ1n) is 20.3. The highest BCUT2D eigenvalue weighted by Gasteiger charge is 2.18. The third kappa shape index (κ3) is 6.40. The van der Waals surface area contributed by atoms with E-state index in [1.54, 1.807) is 0 Å². The second-order valence-corrected chi connectivity index (χ2v) is 15.3. The van der Waals surface area contributed by atoms with Gasteiger partial charge in [-0.25, -0.2) is 0 Å². The van der Waals surface area contributed by atoms with Crippen molar-refractivity contribution < 1.29 is 0 Å². The molecule has 59 heavy (non-hydrogen) atoms. The second-order valence-electron chi connectivity index (χ2n) is 15.3. The Labute approximate surface area is 344 Å². The van der Waals surface area contributed by atoms with E-state index in [9.17, 15) is 0 Å². The Morgan fingerprint density at radius 2 is 0.712 bits per heavy atom. The highest BCUT2D eigenvalue weighted by atomic mass is 15.1. The molecule has 0 aromatic heterocycles. The molecule has 11 aromatic carbocycles. The molecule has 0 bridgehead atoms. The maximum absolute atomic E-state index is 2.39. The fourth-order valence-electron chi connectivity index (χ4n) is 8.85. The highest BCUT2D eigenvalue weighted by molar-refractivity contribution is 6.17. The van der Waals surface area contributed by atoms with Crippen LogP contribution >= 0.6 is 0 Å². The van der Waals surface area contributed by atoms with Gasteiger partial charge in [0.1, 0.15) is 0 Å². The summed E-state index contributed by atoms with van der Waals surface area (Å²) in [5, 5.41) is 10.1. The molecule has 1 heteroatoms. The molecular weight excluding hydrogens is 711 g/mol. The highest BCUT2D eigenvalue weighted by Crippen LogP contribution is 2.43. The molecule has 0 heterocycles. The fourth-order valence-corrected chi connectivity index (χ4v) is 8.85. The smallest absolute Gasteiger partial charge is 0.0468 e. The minimum Gasteiger partial charge on any atom is -0.310 e. The van der Waals surface area contributed by atoms with E-state index >= 15 is 0 Å². The summed E-state index contributed by atoms with van der Waals surface area (Å²) in [6.07, 6.45) is 0. The van der Waals surface area contributed by atoms with Gasteiger partial charge in [-0.05, 0) is 136 Å². The summed E-state index contributed by atoms with van der Waals surface area (Å²) in [7, 11) is 0. The lowest BCUT2D eigenvalue weighted by Crippen LogP contribution is -2.10. The van der Waals surface area contributed by atoms with Crippen LogP contribution in [-0.2, 0) is 0 Å². The van der Waals surface area contributed by atoms with E-state index in [2.05, 4.69) is 241 Å². The summed E-state index contributed by atoms with van der Waals surface area (Å²) in [4.78, 5) is 2.39. The van der Waals surface area contributed by atoms with Crippen molar-refractivity contribution in [2.24, 2.45) is 0 Å². The molecule has 11 rings (SSSR count). The first kappa shape index (κ1) is 34.5. The number of nitrogens with zero attached hydrogens (tertiary/aromatic N) is 1. The van der Waals surface area contributed by atoms with Crippen LogP contribution < -0.4 is 4.90 Å². The topological polar surface area (TPSA) is 3.24 Å². The van der Waals surface area contributed by atoms with Crippen molar-refractivity contribution in [2.45, 2.75) is 0 Å². The van der Waals surface area contributed by atoms with Crippen LogP contribution in [0.2, 0.25) is 0 Å². The van der Waals surface area contributed by atoms with Crippen molar-refractivity contribution in [3.63, 3.8) is 0 Å². The van der Waals surface area contributed by atoms with Gasteiger partial charge >= 0.3 is 0 Å². The van der Waals surface area contributed by atoms with E-state index in [1.165, 1.54) is 87.6 Å². The van der Waals surface area contributed by atoms with Crippen LogP contribution in [0.3, 0.4) is 0 Å². The predicted octanol–water partition coefficient (Wildman–Crippen LogP) is 16.4. The van der Waals surface area contributed by atoms with Gasteiger partial charge in [-0.1, -0.05) is 188 Å². The van der Waals surface area contributed by atoms with Gasteiger partial charge in [0, 0.05) is 17.1 Å². The van der Waals surface area contributed by atoms with E-state index in [0.29, 0.717) is 0 Å². The minimum absolute atomic E-state index is 1.09. The average molecular weight is 750 g/mol. The summed E-state index contributed by atoms with van der Waals surface area (Å²) in [5.74, 6) is 0.